The normalized spacial score (nSPS) is 18.2. The van der Waals surface area contributed by atoms with Crippen molar-refractivity contribution in [2.24, 2.45) is 10.8 Å². The monoisotopic (exact) mass is 999 g/mol. The second kappa shape index (κ2) is 20.1. The van der Waals surface area contributed by atoms with Crippen molar-refractivity contribution in [2.75, 3.05) is 74.9 Å². The number of halogens is 3. The van der Waals surface area contributed by atoms with Crippen molar-refractivity contribution in [3.63, 3.8) is 0 Å². The average Bonchev–Trinajstić information content (AvgIpc) is 3.79. The Bertz CT molecular complexity index is 2990. The average molecular weight is 1000 g/mol. The van der Waals surface area contributed by atoms with E-state index in [-0.39, 0.29) is 41.4 Å². The molecule has 71 heavy (non-hydrogen) atoms. The van der Waals surface area contributed by atoms with Gasteiger partial charge in [-0.2, -0.15) is 13.2 Å². The van der Waals surface area contributed by atoms with Crippen LogP contribution in [0.3, 0.4) is 0 Å². The number of carbonyl (C=O) groups excluding carboxylic acids is 2. The number of morpholine rings is 1. The number of sulfone groups is 1. The van der Waals surface area contributed by atoms with Crippen LogP contribution in [0.25, 0.3) is 16.6 Å². The number of hydrogen-bond donors (Lipinski definition) is 2. The zero-order valence-corrected chi connectivity index (χ0v) is 41.6. The van der Waals surface area contributed by atoms with Crippen molar-refractivity contribution in [2.45, 2.75) is 78.0 Å². The van der Waals surface area contributed by atoms with Crippen LogP contribution >= 0.6 is 0 Å². The largest absolute Gasteiger partial charge is 0.455 e. The maximum absolute atomic E-state index is 14.1. The summed E-state index contributed by atoms with van der Waals surface area (Å²) in [6.45, 7) is 16.0. The Morgan fingerprint density at radius 1 is 1.00 bits per heavy atom. The van der Waals surface area contributed by atoms with Crippen molar-refractivity contribution in [3.8, 4) is 11.5 Å². The molecule has 1 amide bonds. The fourth-order valence-electron chi connectivity index (χ4n) is 9.59. The Hall–Kier alpha value is -6.31. The van der Waals surface area contributed by atoms with Gasteiger partial charge >= 0.3 is 6.18 Å². The van der Waals surface area contributed by atoms with Gasteiger partial charge in [-0.3, -0.25) is 24.6 Å². The Labute approximate surface area is 411 Å². The number of Topliss-reactive ketones (excluding diaryl/α,β-unsaturated/α-hetero) is 1. The molecule has 2 fully saturated rings. The van der Waals surface area contributed by atoms with Crippen molar-refractivity contribution in [3.05, 3.63) is 117 Å². The van der Waals surface area contributed by atoms with Crippen molar-refractivity contribution in [1.82, 2.24) is 19.8 Å². The van der Waals surface area contributed by atoms with Crippen LogP contribution in [0, 0.1) is 27.9 Å². The van der Waals surface area contributed by atoms with E-state index in [9.17, 15) is 41.3 Å². The molecule has 1 unspecified atom stereocenters. The first kappa shape index (κ1) is 51.1. The first-order valence-corrected chi connectivity index (χ1v) is 25.4. The highest BCUT2D eigenvalue weighted by molar-refractivity contribution is 7.92. The smallest absolute Gasteiger partial charge is 0.416 e. The Morgan fingerprint density at radius 2 is 1.76 bits per heavy atom. The summed E-state index contributed by atoms with van der Waals surface area (Å²) >= 11 is 0. The van der Waals surface area contributed by atoms with Crippen LogP contribution in [0.2, 0.25) is 0 Å². The number of hydrogen-bond acceptors (Lipinski definition) is 12. The van der Waals surface area contributed by atoms with E-state index in [0.29, 0.717) is 62.8 Å². The Morgan fingerprint density at radius 3 is 2.46 bits per heavy atom. The highest BCUT2D eigenvalue weighted by Crippen LogP contribution is 2.45. The molecule has 0 radical (unpaired) electrons. The lowest BCUT2D eigenvalue weighted by Gasteiger charge is -2.39. The van der Waals surface area contributed by atoms with Gasteiger partial charge in [0.15, 0.2) is 15.6 Å². The quantitative estimate of drug-likeness (QED) is 0.0612. The number of aryl methyl sites for hydroxylation is 1. The predicted molar refractivity (Wildman–Crippen MR) is 266 cm³/mol. The number of aromatic amines is 1. The number of piperazine rings is 1. The summed E-state index contributed by atoms with van der Waals surface area (Å²) in [5, 5.41) is 16.0. The number of aromatic nitrogens is 2. The molecule has 0 spiro atoms. The van der Waals surface area contributed by atoms with Crippen LogP contribution in [0.4, 0.5) is 30.2 Å². The number of allylic oxidation sites excluding steroid dienone is 1. The third-order valence-corrected chi connectivity index (χ3v) is 15.1. The van der Waals surface area contributed by atoms with E-state index in [4.69, 9.17) is 9.47 Å². The van der Waals surface area contributed by atoms with E-state index in [1.807, 2.05) is 26.8 Å². The Kier molecular flexibility index (Phi) is 14.4. The summed E-state index contributed by atoms with van der Waals surface area (Å²) in [5.74, 6) is -1.42. The maximum Gasteiger partial charge on any atom is 0.416 e. The molecule has 2 aliphatic heterocycles. The summed E-state index contributed by atoms with van der Waals surface area (Å²) in [7, 11) is -4.43. The second-order valence-corrected chi connectivity index (χ2v) is 22.6. The van der Waals surface area contributed by atoms with Gasteiger partial charge in [-0.15, -0.1) is 0 Å². The molecule has 3 aromatic carbocycles. The number of ether oxygens (including phenoxy) is 2. The van der Waals surface area contributed by atoms with Crippen LogP contribution in [-0.4, -0.2) is 116 Å². The molecule has 5 aromatic rings. The predicted octanol–water partition coefficient (Wildman–Crippen LogP) is 9.72. The summed E-state index contributed by atoms with van der Waals surface area (Å²) < 4.78 is 80.8. The molecule has 3 aliphatic rings. The number of pyridine rings is 1. The first-order chi connectivity index (χ1) is 33.4. The number of H-pyrrole nitrogens is 1. The summed E-state index contributed by atoms with van der Waals surface area (Å²) in [6.07, 6.45) is 0.910. The van der Waals surface area contributed by atoms with Gasteiger partial charge in [-0.1, -0.05) is 46.3 Å². The molecule has 2 saturated heterocycles. The van der Waals surface area contributed by atoms with E-state index < -0.39 is 60.1 Å². The molecule has 1 atom stereocenters. The van der Waals surface area contributed by atoms with Gasteiger partial charge in [0.25, 0.3) is 5.69 Å². The van der Waals surface area contributed by atoms with Gasteiger partial charge < -0.3 is 29.6 Å². The van der Waals surface area contributed by atoms with Crippen molar-refractivity contribution >= 4 is 55.2 Å². The van der Waals surface area contributed by atoms with Gasteiger partial charge in [-0.25, -0.2) is 13.4 Å². The van der Waals surface area contributed by atoms with E-state index in [2.05, 4.69) is 38.9 Å². The van der Waals surface area contributed by atoms with Crippen LogP contribution in [0.1, 0.15) is 80.9 Å². The number of alkyl halides is 3. The van der Waals surface area contributed by atoms with E-state index in [1.165, 1.54) is 42.1 Å². The number of nitrogens with one attached hydrogen (secondary N) is 2. The number of carbonyl (C=O) groups is 2. The minimum absolute atomic E-state index is 0.00338. The number of nitro groups is 1. The summed E-state index contributed by atoms with van der Waals surface area (Å²) in [4.78, 5) is 51.9. The van der Waals surface area contributed by atoms with E-state index >= 15 is 0 Å². The number of fused-ring (bicyclic) bond motifs is 1. The molecule has 19 heteroatoms. The number of nitrogens with zero attached hydrogens (tertiary/aromatic N) is 5. The number of anilines is 2. The van der Waals surface area contributed by atoms with E-state index in [1.54, 1.807) is 42.3 Å². The van der Waals surface area contributed by atoms with E-state index in [0.717, 1.165) is 47.5 Å². The standard InChI is InChI=1S/C52H60F3N7O8S/c1-33-23-36(52(53,54)55)7-10-41(33)43-27-51(5,6)15-13-35(43)30-59-17-19-60(20-18-59)37-8-11-42(47(25-37)70-38-24-34-14-16-56-48(34)58-28-38)46(63)32-71(67,68)40-9-12-44(45(26-40)62(65)66)57-29-39-31-61(21-22-69-39)49(64)50(2,3)4/h7-12,14,16,23-26,28,39,57H,13,15,17-22,27,29-32H2,1-6H3,(H,56,58). The number of ketones is 1. The first-order valence-electron chi connectivity index (χ1n) is 23.7. The van der Waals surface area contributed by atoms with Crippen LogP contribution in [0.15, 0.2) is 89.6 Å². The second-order valence-electron chi connectivity index (χ2n) is 20.6. The zero-order chi connectivity index (χ0) is 51.0. The molecule has 0 saturated carbocycles. The zero-order valence-electron chi connectivity index (χ0n) is 40.8. The van der Waals surface area contributed by atoms with Gasteiger partial charge in [0, 0.05) is 87.2 Å². The highest BCUT2D eigenvalue weighted by atomic mass is 32.2. The number of benzene rings is 3. The fourth-order valence-corrected chi connectivity index (χ4v) is 10.8. The van der Waals surface area contributed by atoms with Crippen molar-refractivity contribution in [1.29, 1.82) is 0 Å². The third kappa shape index (κ3) is 11.9. The number of rotatable bonds is 14. The van der Waals surface area contributed by atoms with Crippen LogP contribution < -0.4 is 15.0 Å². The topological polar surface area (TPSA) is 180 Å². The lowest BCUT2D eigenvalue weighted by atomic mass is 9.72. The van der Waals surface area contributed by atoms with Gasteiger partial charge in [0.1, 0.15) is 28.6 Å². The number of nitro benzene ring substituents is 1. The summed E-state index contributed by atoms with van der Waals surface area (Å²) in [5.41, 5.74) is 3.46. The van der Waals surface area contributed by atoms with Crippen LogP contribution in [-0.2, 0) is 25.5 Å². The van der Waals surface area contributed by atoms with Gasteiger partial charge in [-0.05, 0) is 96.8 Å². The lowest BCUT2D eigenvalue weighted by molar-refractivity contribution is -0.384. The van der Waals surface area contributed by atoms with Crippen LogP contribution in [0.5, 0.6) is 11.5 Å². The molecule has 0 bridgehead atoms. The molecule has 4 heterocycles. The molecule has 1 aliphatic carbocycles. The Balaban J connectivity index is 0.988. The molecule has 8 rings (SSSR count). The number of amides is 1. The maximum atomic E-state index is 14.1. The van der Waals surface area contributed by atoms with Crippen molar-refractivity contribution < 1.29 is 45.6 Å². The van der Waals surface area contributed by atoms with Gasteiger partial charge in [0.2, 0.25) is 5.91 Å². The molecular formula is C52H60F3N7O8S. The lowest BCUT2D eigenvalue weighted by Crippen LogP contribution is -2.51. The summed E-state index contributed by atoms with van der Waals surface area (Å²) in [6, 6.07) is 16.0. The minimum atomic E-state index is -4.43. The molecule has 2 N–H and O–H groups in total. The fraction of sp³-hybridized carbons (Fsp3) is 0.442. The third-order valence-electron chi connectivity index (χ3n) is 13.5. The molecular weight excluding hydrogens is 940 g/mol. The minimum Gasteiger partial charge on any atom is -0.455 e. The molecule has 2 aromatic heterocycles. The molecule has 378 valence electrons. The van der Waals surface area contributed by atoms with Gasteiger partial charge in [0.05, 0.1) is 39.9 Å². The molecule has 15 nitrogen and oxygen atoms in total. The SMILES string of the molecule is Cc1cc(C(F)(F)F)ccc1C1=C(CN2CCN(c3ccc(C(=O)CS(=O)(=O)c4ccc(NCC5CN(C(=O)C(C)(C)C)CCO5)c([N+](=O)[O-])c4)c(Oc4cnc5[nH]ccc5c4)c3)CC2)CCC(C)(C)C1. The highest BCUT2D eigenvalue weighted by Gasteiger charge is 2.35.